The summed E-state index contributed by atoms with van der Waals surface area (Å²) in [4.78, 5) is 15.9. The molecule has 12 rings (SSSR count). The molecule has 57 heavy (non-hydrogen) atoms. The third kappa shape index (κ3) is 5.15. The van der Waals surface area contributed by atoms with Gasteiger partial charge in [-0.15, -0.1) is 22.7 Å². The summed E-state index contributed by atoms with van der Waals surface area (Å²) in [5.74, 6) is 1.95. The van der Waals surface area contributed by atoms with E-state index >= 15 is 0 Å². The molecule has 0 saturated heterocycles. The van der Waals surface area contributed by atoms with E-state index in [1.165, 1.54) is 57.5 Å². The van der Waals surface area contributed by atoms with E-state index in [2.05, 4.69) is 168 Å². The molecule has 0 atom stereocenters. The van der Waals surface area contributed by atoms with E-state index in [0.717, 1.165) is 38.1 Å². The molecule has 0 amide bonds. The van der Waals surface area contributed by atoms with Crippen LogP contribution in [0.25, 0.3) is 113 Å². The minimum absolute atomic E-state index is 0.647. The van der Waals surface area contributed by atoms with Gasteiger partial charge in [-0.1, -0.05) is 146 Å². The van der Waals surface area contributed by atoms with Crippen LogP contribution in [-0.2, 0) is 0 Å². The van der Waals surface area contributed by atoms with Gasteiger partial charge in [0.15, 0.2) is 17.5 Å². The molecule has 0 aliphatic carbocycles. The zero-order chi connectivity index (χ0) is 37.5. The van der Waals surface area contributed by atoms with Crippen LogP contribution in [0, 0.1) is 0 Å². The van der Waals surface area contributed by atoms with Crippen molar-refractivity contribution in [3.8, 4) is 51.0 Å². The fourth-order valence-corrected chi connectivity index (χ4v) is 10.9. The number of nitrogens with zero attached hydrogens (tertiary/aromatic N) is 4. The minimum Gasteiger partial charge on any atom is -0.309 e. The topological polar surface area (TPSA) is 43.6 Å². The highest BCUT2D eigenvalue weighted by Gasteiger charge is 2.22. The molecule has 0 radical (unpaired) electrons. The van der Waals surface area contributed by atoms with Crippen molar-refractivity contribution in [2.45, 2.75) is 0 Å². The van der Waals surface area contributed by atoms with Gasteiger partial charge in [0.05, 0.1) is 11.0 Å². The van der Waals surface area contributed by atoms with Gasteiger partial charge in [-0.2, -0.15) is 0 Å². The third-order valence-electron chi connectivity index (χ3n) is 11.1. The maximum atomic E-state index is 5.39. The summed E-state index contributed by atoms with van der Waals surface area (Å²) in [7, 11) is 0. The standard InChI is InChI=1S/C51H30N4S2/c1-3-14-31(15-4-1)35-21-13-22-40-41-29-34(55-43-23-10-7-18-36(43)37-19-8-11-24-44(37)55)30-42(48(41)57-47(35)40)51-53-49(32-16-5-2-6-17-32)52-50(54-51)33-26-27-39-38-20-9-12-25-45(38)56-46(39)28-33/h1-30H. The molecule has 12 aromatic rings. The van der Waals surface area contributed by atoms with Gasteiger partial charge in [0.2, 0.25) is 0 Å². The van der Waals surface area contributed by atoms with Crippen LogP contribution >= 0.6 is 22.7 Å². The smallest absolute Gasteiger partial charge is 0.165 e. The molecule has 266 valence electrons. The van der Waals surface area contributed by atoms with Gasteiger partial charge in [-0.25, -0.2) is 15.0 Å². The first-order valence-corrected chi connectivity index (χ1v) is 20.7. The Morgan fingerprint density at radius 1 is 0.333 bits per heavy atom. The quantitative estimate of drug-likeness (QED) is 0.175. The molecular formula is C51H30N4S2. The summed E-state index contributed by atoms with van der Waals surface area (Å²) in [5, 5.41) is 7.36. The van der Waals surface area contributed by atoms with Crippen molar-refractivity contribution in [3.63, 3.8) is 0 Å². The van der Waals surface area contributed by atoms with Gasteiger partial charge >= 0.3 is 0 Å². The molecule has 4 heterocycles. The molecular weight excluding hydrogens is 733 g/mol. The van der Waals surface area contributed by atoms with E-state index in [1.54, 1.807) is 11.3 Å². The van der Waals surface area contributed by atoms with Crippen molar-refractivity contribution >= 4 is 84.8 Å². The minimum atomic E-state index is 0.647. The van der Waals surface area contributed by atoms with Gasteiger partial charge in [-0.05, 0) is 47.5 Å². The van der Waals surface area contributed by atoms with Crippen LogP contribution in [0.2, 0.25) is 0 Å². The molecule has 4 nitrogen and oxygen atoms in total. The van der Waals surface area contributed by atoms with Crippen molar-refractivity contribution < 1.29 is 0 Å². The first kappa shape index (κ1) is 32.3. The Balaban J connectivity index is 1.17. The van der Waals surface area contributed by atoms with E-state index in [1.807, 2.05) is 29.5 Å². The lowest BCUT2D eigenvalue weighted by atomic mass is 10.0. The van der Waals surface area contributed by atoms with Crippen LogP contribution in [0.4, 0.5) is 0 Å². The van der Waals surface area contributed by atoms with E-state index in [-0.39, 0.29) is 0 Å². The van der Waals surface area contributed by atoms with Gasteiger partial charge in [0.25, 0.3) is 0 Å². The highest BCUT2D eigenvalue weighted by atomic mass is 32.1. The molecule has 0 aliphatic heterocycles. The van der Waals surface area contributed by atoms with Crippen LogP contribution in [0.5, 0.6) is 0 Å². The highest BCUT2D eigenvalue weighted by molar-refractivity contribution is 7.27. The number of hydrogen-bond donors (Lipinski definition) is 0. The molecule has 6 heteroatoms. The SMILES string of the molecule is c1ccc(-c2nc(-c3ccc4c(c3)sc3ccccc34)nc(-c3cc(-n4c5ccccc5c5ccccc54)cc4c3sc3c(-c5ccccc5)cccc34)n2)cc1. The van der Waals surface area contributed by atoms with Crippen molar-refractivity contribution in [1.29, 1.82) is 0 Å². The molecule has 8 aromatic carbocycles. The average Bonchev–Trinajstić information content (AvgIpc) is 3.96. The molecule has 4 aromatic heterocycles. The van der Waals surface area contributed by atoms with E-state index in [4.69, 9.17) is 15.0 Å². The second kappa shape index (κ2) is 12.8. The number of fused-ring (bicyclic) bond motifs is 9. The number of para-hydroxylation sites is 2. The molecule has 0 N–H and O–H groups in total. The first-order chi connectivity index (χ1) is 28.2. The van der Waals surface area contributed by atoms with Gasteiger partial charge in [0.1, 0.15) is 0 Å². The molecule has 0 spiro atoms. The molecule has 0 fully saturated rings. The summed E-state index contributed by atoms with van der Waals surface area (Å²) >= 11 is 3.62. The highest BCUT2D eigenvalue weighted by Crippen LogP contribution is 2.46. The Labute approximate surface area is 335 Å². The summed E-state index contributed by atoms with van der Waals surface area (Å²) in [6.45, 7) is 0. The predicted octanol–water partition coefficient (Wildman–Crippen LogP) is 14.4. The van der Waals surface area contributed by atoms with E-state index < -0.39 is 0 Å². The third-order valence-corrected chi connectivity index (χ3v) is 13.5. The zero-order valence-corrected chi connectivity index (χ0v) is 32.1. The maximum Gasteiger partial charge on any atom is 0.165 e. The Bertz CT molecular complexity index is 3470. The lowest BCUT2D eigenvalue weighted by Gasteiger charge is -2.13. The van der Waals surface area contributed by atoms with Crippen LogP contribution in [0.1, 0.15) is 0 Å². The second-order valence-electron chi connectivity index (χ2n) is 14.4. The summed E-state index contributed by atoms with van der Waals surface area (Å²) < 4.78 is 7.27. The summed E-state index contributed by atoms with van der Waals surface area (Å²) in [6.07, 6.45) is 0. The Morgan fingerprint density at radius 2 is 0.912 bits per heavy atom. The van der Waals surface area contributed by atoms with Crippen LogP contribution in [0.3, 0.4) is 0 Å². The Kier molecular flexibility index (Phi) is 7.24. The second-order valence-corrected chi connectivity index (χ2v) is 16.5. The van der Waals surface area contributed by atoms with E-state index in [9.17, 15) is 0 Å². The van der Waals surface area contributed by atoms with Gasteiger partial charge in [0, 0.05) is 73.5 Å². The lowest BCUT2D eigenvalue weighted by Crippen LogP contribution is -2.01. The fourth-order valence-electron chi connectivity index (χ4n) is 8.43. The monoisotopic (exact) mass is 762 g/mol. The fraction of sp³-hybridized carbons (Fsp3) is 0. The molecule has 0 unspecified atom stereocenters. The lowest BCUT2D eigenvalue weighted by molar-refractivity contribution is 1.08. The van der Waals surface area contributed by atoms with Crippen LogP contribution in [0.15, 0.2) is 182 Å². The molecule has 0 aliphatic rings. The molecule has 0 saturated carbocycles. The summed E-state index contributed by atoms with van der Waals surface area (Å²) in [5.41, 5.74) is 8.69. The van der Waals surface area contributed by atoms with Gasteiger partial charge < -0.3 is 4.57 Å². The van der Waals surface area contributed by atoms with Crippen molar-refractivity contribution in [1.82, 2.24) is 19.5 Å². The number of aromatic nitrogens is 4. The number of hydrogen-bond acceptors (Lipinski definition) is 5. The van der Waals surface area contributed by atoms with E-state index in [0.29, 0.717) is 17.5 Å². The van der Waals surface area contributed by atoms with Gasteiger partial charge in [-0.3, -0.25) is 0 Å². The average molecular weight is 763 g/mol. The normalized spacial score (nSPS) is 11.9. The Hall–Kier alpha value is -6.99. The predicted molar refractivity (Wildman–Crippen MR) is 242 cm³/mol. The zero-order valence-electron chi connectivity index (χ0n) is 30.4. The Morgan fingerprint density at radius 3 is 1.67 bits per heavy atom. The van der Waals surface area contributed by atoms with Crippen LogP contribution in [-0.4, -0.2) is 19.5 Å². The van der Waals surface area contributed by atoms with Crippen molar-refractivity contribution in [2.75, 3.05) is 0 Å². The van der Waals surface area contributed by atoms with Crippen molar-refractivity contribution in [3.05, 3.63) is 182 Å². The largest absolute Gasteiger partial charge is 0.309 e. The number of rotatable bonds is 5. The van der Waals surface area contributed by atoms with Crippen molar-refractivity contribution in [2.24, 2.45) is 0 Å². The van der Waals surface area contributed by atoms with Crippen LogP contribution < -0.4 is 0 Å². The maximum absolute atomic E-state index is 5.39. The first-order valence-electron chi connectivity index (χ1n) is 19.0. The number of thiophene rings is 2. The molecule has 0 bridgehead atoms. The number of benzene rings is 8. The summed E-state index contributed by atoms with van der Waals surface area (Å²) in [6, 6.07) is 64.9.